The Labute approximate surface area is 52.9 Å². The van der Waals surface area contributed by atoms with Crippen LogP contribution in [0.15, 0.2) is 0 Å². The van der Waals surface area contributed by atoms with Crippen molar-refractivity contribution >= 4 is 15.9 Å². The highest BCUT2D eigenvalue weighted by Crippen LogP contribution is 1.97. The van der Waals surface area contributed by atoms with Crippen molar-refractivity contribution in [2.45, 2.75) is 25.9 Å². The van der Waals surface area contributed by atoms with Crippen molar-refractivity contribution in [2.24, 2.45) is 0 Å². The largest absolute Gasteiger partial charge is 0.392 e. The van der Waals surface area contributed by atoms with Gasteiger partial charge in [-0.1, -0.05) is 29.3 Å². The molecular formula is C5H11BrO. The molecule has 0 radical (unpaired) electrons. The first kappa shape index (κ1) is 7.44. The van der Waals surface area contributed by atoms with Crippen LogP contribution in [0.1, 0.15) is 19.8 Å². The maximum Gasteiger partial charge on any atom is 0.0636 e. The van der Waals surface area contributed by atoms with E-state index in [1.54, 1.807) is 0 Å². The Kier molecular flexibility index (Phi) is 4.88. The van der Waals surface area contributed by atoms with Crippen LogP contribution in [0.2, 0.25) is 0 Å². The van der Waals surface area contributed by atoms with Crippen molar-refractivity contribution in [3.05, 3.63) is 0 Å². The summed E-state index contributed by atoms with van der Waals surface area (Å²) in [7, 11) is 0. The summed E-state index contributed by atoms with van der Waals surface area (Å²) in [6, 6.07) is 0. The van der Waals surface area contributed by atoms with Crippen LogP contribution in [0.3, 0.4) is 0 Å². The Bertz CT molecular complexity index is 39.1. The maximum absolute atomic E-state index is 8.81. The molecule has 0 aliphatic rings. The molecule has 0 fully saturated rings. The molecule has 0 aliphatic heterocycles. The summed E-state index contributed by atoms with van der Waals surface area (Å²) >= 11 is 3.17. The normalized spacial score (nSPS) is 14.1. The summed E-state index contributed by atoms with van der Waals surface area (Å²) in [6.45, 7) is 2.06. The first-order chi connectivity index (χ1) is 3.31. The average Bonchev–Trinajstić information content (AvgIpc) is 1.68. The minimum atomic E-state index is -0.134. The number of alkyl halides is 1. The van der Waals surface area contributed by atoms with Crippen LogP contribution in [0, 0.1) is 0 Å². The lowest BCUT2D eigenvalue weighted by molar-refractivity contribution is 0.189. The van der Waals surface area contributed by atoms with Crippen LogP contribution in [0.5, 0.6) is 0 Å². The van der Waals surface area contributed by atoms with Gasteiger partial charge >= 0.3 is 0 Å². The van der Waals surface area contributed by atoms with Gasteiger partial charge in [-0.2, -0.15) is 0 Å². The molecule has 0 aromatic heterocycles. The topological polar surface area (TPSA) is 20.2 Å². The Hall–Kier alpha value is 0.440. The number of hydrogen-bond donors (Lipinski definition) is 1. The third-order valence-electron chi connectivity index (χ3n) is 0.800. The molecule has 0 aliphatic carbocycles. The van der Waals surface area contributed by atoms with Gasteiger partial charge in [0, 0.05) is 5.33 Å². The molecule has 0 rings (SSSR count). The van der Waals surface area contributed by atoms with Crippen molar-refractivity contribution in [3.63, 3.8) is 0 Å². The number of hydrogen-bond acceptors (Lipinski definition) is 1. The molecule has 0 heterocycles. The lowest BCUT2D eigenvalue weighted by Gasteiger charge is -2.00. The molecule has 0 aromatic carbocycles. The molecule has 2 heteroatoms. The summed E-state index contributed by atoms with van der Waals surface area (Å²) in [5.41, 5.74) is 0. The summed E-state index contributed by atoms with van der Waals surface area (Å²) in [4.78, 5) is 0. The highest BCUT2D eigenvalue weighted by molar-refractivity contribution is 9.09. The quantitative estimate of drug-likeness (QED) is 0.632. The second-order valence-corrected chi connectivity index (χ2v) is 2.24. The minimum absolute atomic E-state index is 0.134. The zero-order chi connectivity index (χ0) is 5.70. The molecule has 44 valence electrons. The lowest BCUT2D eigenvalue weighted by Crippen LogP contribution is -2.05. The smallest absolute Gasteiger partial charge is 0.0636 e. The third kappa shape index (κ3) is 4.29. The predicted octanol–water partition coefficient (Wildman–Crippen LogP) is 1.54. The lowest BCUT2D eigenvalue weighted by atomic mass is 10.2. The van der Waals surface area contributed by atoms with Crippen LogP contribution in [-0.2, 0) is 0 Å². The molecule has 0 saturated carbocycles. The van der Waals surface area contributed by atoms with Gasteiger partial charge < -0.3 is 5.11 Å². The highest BCUT2D eigenvalue weighted by Gasteiger charge is 1.95. The summed E-state index contributed by atoms with van der Waals surface area (Å²) in [6.07, 6.45) is 1.84. The van der Waals surface area contributed by atoms with Crippen molar-refractivity contribution in [1.82, 2.24) is 0 Å². The number of halogens is 1. The van der Waals surface area contributed by atoms with Gasteiger partial charge in [0.2, 0.25) is 0 Å². The third-order valence-corrected chi connectivity index (χ3v) is 1.55. The van der Waals surface area contributed by atoms with E-state index in [1.165, 1.54) is 0 Å². The van der Waals surface area contributed by atoms with E-state index in [0.717, 1.165) is 12.8 Å². The van der Waals surface area contributed by atoms with E-state index in [4.69, 9.17) is 5.11 Å². The monoisotopic (exact) mass is 166 g/mol. The van der Waals surface area contributed by atoms with E-state index in [1.807, 2.05) is 0 Å². The van der Waals surface area contributed by atoms with Gasteiger partial charge in [-0.15, -0.1) is 0 Å². The molecule has 1 nitrogen and oxygen atoms in total. The van der Waals surface area contributed by atoms with Crippen LogP contribution in [-0.4, -0.2) is 16.5 Å². The molecular weight excluding hydrogens is 156 g/mol. The van der Waals surface area contributed by atoms with Gasteiger partial charge in [-0.05, 0) is 6.42 Å². The summed E-state index contributed by atoms with van der Waals surface area (Å²) in [5.74, 6) is 0. The Morgan fingerprint density at radius 3 is 2.43 bits per heavy atom. The molecule has 0 bridgehead atoms. The summed E-state index contributed by atoms with van der Waals surface area (Å²) in [5, 5.41) is 9.52. The van der Waals surface area contributed by atoms with Gasteiger partial charge in [-0.25, -0.2) is 0 Å². The molecule has 0 amide bonds. The van der Waals surface area contributed by atoms with Crippen LogP contribution >= 0.6 is 15.9 Å². The van der Waals surface area contributed by atoms with Crippen LogP contribution in [0.25, 0.3) is 0 Å². The molecule has 0 spiro atoms. The highest BCUT2D eigenvalue weighted by atomic mass is 79.9. The molecule has 0 saturated heterocycles. The Morgan fingerprint density at radius 2 is 2.29 bits per heavy atom. The van der Waals surface area contributed by atoms with Gasteiger partial charge in [0.15, 0.2) is 0 Å². The fourth-order valence-electron chi connectivity index (χ4n) is 0.410. The second-order valence-electron chi connectivity index (χ2n) is 1.60. The predicted molar refractivity (Wildman–Crippen MR) is 34.7 cm³/mol. The van der Waals surface area contributed by atoms with Crippen molar-refractivity contribution in [1.29, 1.82) is 0 Å². The molecule has 0 unspecified atom stereocenters. The zero-order valence-corrected chi connectivity index (χ0v) is 6.11. The first-order valence-electron chi connectivity index (χ1n) is 2.55. The standard InChI is InChI=1S/C5H11BrO/c1-2-3-5(7)4-6/h5,7H,2-4H2,1H3/t5-/m1/s1. The van der Waals surface area contributed by atoms with Gasteiger partial charge in [0.05, 0.1) is 6.10 Å². The summed E-state index contributed by atoms with van der Waals surface area (Å²) < 4.78 is 0. The van der Waals surface area contributed by atoms with Gasteiger partial charge in [0.25, 0.3) is 0 Å². The van der Waals surface area contributed by atoms with E-state index in [2.05, 4.69) is 22.9 Å². The van der Waals surface area contributed by atoms with Gasteiger partial charge in [0.1, 0.15) is 0 Å². The Balaban J connectivity index is 2.83. The van der Waals surface area contributed by atoms with Crippen molar-refractivity contribution in [2.75, 3.05) is 5.33 Å². The molecule has 0 aromatic rings. The second kappa shape index (κ2) is 4.60. The number of aliphatic hydroxyl groups excluding tert-OH is 1. The van der Waals surface area contributed by atoms with Crippen molar-refractivity contribution < 1.29 is 5.11 Å². The molecule has 7 heavy (non-hydrogen) atoms. The van der Waals surface area contributed by atoms with E-state index in [0.29, 0.717) is 5.33 Å². The van der Waals surface area contributed by atoms with Crippen molar-refractivity contribution in [3.8, 4) is 0 Å². The fraction of sp³-hybridized carbons (Fsp3) is 1.00. The average molecular weight is 167 g/mol. The first-order valence-corrected chi connectivity index (χ1v) is 3.67. The van der Waals surface area contributed by atoms with E-state index in [-0.39, 0.29) is 6.10 Å². The van der Waals surface area contributed by atoms with Crippen LogP contribution < -0.4 is 0 Å². The van der Waals surface area contributed by atoms with E-state index >= 15 is 0 Å². The maximum atomic E-state index is 8.81. The van der Waals surface area contributed by atoms with Crippen LogP contribution in [0.4, 0.5) is 0 Å². The van der Waals surface area contributed by atoms with Gasteiger partial charge in [-0.3, -0.25) is 0 Å². The SMILES string of the molecule is CCC[C@@H](O)CBr. The minimum Gasteiger partial charge on any atom is -0.392 e. The zero-order valence-electron chi connectivity index (χ0n) is 4.52. The fourth-order valence-corrected chi connectivity index (χ4v) is 0.734. The number of rotatable bonds is 3. The van der Waals surface area contributed by atoms with E-state index < -0.39 is 0 Å². The van der Waals surface area contributed by atoms with E-state index in [9.17, 15) is 0 Å². The molecule has 1 N–H and O–H groups in total. The molecule has 1 atom stereocenters. The Morgan fingerprint density at radius 1 is 1.71 bits per heavy atom. The number of aliphatic hydroxyl groups is 1.